The van der Waals surface area contributed by atoms with Crippen LogP contribution in [-0.4, -0.2) is 30.6 Å². The van der Waals surface area contributed by atoms with Crippen LogP contribution >= 0.6 is 11.3 Å². The van der Waals surface area contributed by atoms with Crippen LogP contribution in [0.2, 0.25) is 0 Å². The van der Waals surface area contributed by atoms with Crippen molar-refractivity contribution in [2.45, 2.75) is 41.0 Å². The Kier molecular flexibility index (Phi) is 5.98. The lowest BCUT2D eigenvalue weighted by atomic mass is 9.97. The Hall–Kier alpha value is -1.11. The summed E-state index contributed by atoms with van der Waals surface area (Å²) in [5.41, 5.74) is 1.41. The lowest BCUT2D eigenvalue weighted by molar-refractivity contribution is 0.0527. The van der Waals surface area contributed by atoms with Crippen LogP contribution < -0.4 is 10.6 Å². The molecule has 0 radical (unpaired) electrons. The number of anilines is 1. The Morgan fingerprint density at radius 2 is 2.15 bits per heavy atom. The molecule has 0 aromatic carbocycles. The van der Waals surface area contributed by atoms with Gasteiger partial charge in [-0.05, 0) is 30.2 Å². The monoisotopic (exact) mass is 300 g/mol. The number of rotatable bonds is 6. The lowest BCUT2D eigenvalue weighted by Crippen LogP contribution is -2.40. The molecule has 0 saturated carbocycles. The molecule has 114 valence electrons. The van der Waals surface area contributed by atoms with Gasteiger partial charge in [0.25, 0.3) is 0 Å². The highest BCUT2D eigenvalue weighted by Gasteiger charge is 2.20. The standard InChI is InChI=1S/C14H24N2O3S/c1-6-19-12(17)10-9(2)7-20-11(10)16-13(18)15-8-14(3,4)5/h7,13,15-16,18H,6,8H2,1-5H3. The molecule has 0 fully saturated rings. The van der Waals surface area contributed by atoms with Gasteiger partial charge in [0.2, 0.25) is 0 Å². The van der Waals surface area contributed by atoms with Crippen molar-refractivity contribution in [2.24, 2.45) is 5.41 Å². The van der Waals surface area contributed by atoms with Crippen LogP contribution in [0.25, 0.3) is 0 Å². The molecule has 1 aromatic heterocycles. The fourth-order valence-electron chi connectivity index (χ4n) is 1.59. The van der Waals surface area contributed by atoms with E-state index in [1.165, 1.54) is 11.3 Å². The minimum Gasteiger partial charge on any atom is -0.462 e. The van der Waals surface area contributed by atoms with E-state index in [2.05, 4.69) is 31.4 Å². The van der Waals surface area contributed by atoms with Crippen LogP contribution in [0.3, 0.4) is 0 Å². The number of aliphatic hydroxyl groups excluding tert-OH is 1. The number of carbonyl (C=O) groups excluding carboxylic acids is 1. The van der Waals surface area contributed by atoms with Gasteiger partial charge >= 0.3 is 5.97 Å². The number of aryl methyl sites for hydroxylation is 1. The van der Waals surface area contributed by atoms with Gasteiger partial charge in [-0.15, -0.1) is 11.3 Å². The molecule has 0 amide bonds. The predicted molar refractivity (Wildman–Crippen MR) is 82.1 cm³/mol. The maximum atomic E-state index is 11.9. The molecule has 20 heavy (non-hydrogen) atoms. The van der Waals surface area contributed by atoms with E-state index in [9.17, 15) is 9.90 Å². The number of hydrogen-bond donors (Lipinski definition) is 3. The molecule has 3 N–H and O–H groups in total. The molecule has 6 heteroatoms. The third-order valence-corrected chi connectivity index (χ3v) is 3.58. The average molecular weight is 300 g/mol. The van der Waals surface area contributed by atoms with Crippen molar-refractivity contribution in [3.63, 3.8) is 0 Å². The van der Waals surface area contributed by atoms with Crippen LogP contribution in [-0.2, 0) is 4.74 Å². The first-order valence-electron chi connectivity index (χ1n) is 6.68. The molecule has 1 atom stereocenters. The number of nitrogens with one attached hydrogen (secondary N) is 2. The molecule has 0 aliphatic rings. The van der Waals surface area contributed by atoms with E-state index in [1.807, 2.05) is 12.3 Å². The predicted octanol–water partition coefficient (Wildman–Crippen LogP) is 2.56. The highest BCUT2D eigenvalue weighted by molar-refractivity contribution is 7.14. The first-order valence-corrected chi connectivity index (χ1v) is 7.55. The fraction of sp³-hybridized carbons (Fsp3) is 0.643. The zero-order valence-corrected chi connectivity index (χ0v) is 13.6. The van der Waals surface area contributed by atoms with Crippen molar-refractivity contribution in [1.82, 2.24) is 5.32 Å². The van der Waals surface area contributed by atoms with Crippen LogP contribution in [0.1, 0.15) is 43.6 Å². The summed E-state index contributed by atoms with van der Waals surface area (Å²) >= 11 is 1.38. The van der Waals surface area contributed by atoms with Gasteiger partial charge in [-0.25, -0.2) is 4.79 Å². The number of aliphatic hydroxyl groups is 1. The first-order chi connectivity index (χ1) is 9.24. The smallest absolute Gasteiger partial charge is 0.341 e. The summed E-state index contributed by atoms with van der Waals surface area (Å²) in [5, 5.41) is 18.3. The van der Waals surface area contributed by atoms with E-state index in [0.29, 0.717) is 23.7 Å². The van der Waals surface area contributed by atoms with Crippen LogP contribution in [0.4, 0.5) is 5.00 Å². The highest BCUT2D eigenvalue weighted by Crippen LogP contribution is 2.28. The Bertz CT molecular complexity index is 452. The summed E-state index contributed by atoms with van der Waals surface area (Å²) in [6, 6.07) is 0. The maximum absolute atomic E-state index is 11.9. The largest absolute Gasteiger partial charge is 0.462 e. The summed E-state index contributed by atoms with van der Waals surface area (Å²) < 4.78 is 5.03. The molecular weight excluding hydrogens is 276 g/mol. The van der Waals surface area contributed by atoms with Crippen molar-refractivity contribution in [2.75, 3.05) is 18.5 Å². The van der Waals surface area contributed by atoms with E-state index < -0.39 is 6.35 Å². The van der Waals surface area contributed by atoms with Gasteiger partial charge in [0, 0.05) is 6.54 Å². The molecule has 1 unspecified atom stereocenters. The Morgan fingerprint density at radius 1 is 1.50 bits per heavy atom. The zero-order valence-electron chi connectivity index (χ0n) is 12.7. The van der Waals surface area contributed by atoms with Gasteiger partial charge < -0.3 is 15.2 Å². The number of esters is 1. The molecular formula is C14H24N2O3S. The summed E-state index contributed by atoms with van der Waals surface area (Å²) in [6.07, 6.45) is -0.902. The zero-order chi connectivity index (χ0) is 15.3. The molecule has 0 spiro atoms. The Labute approximate surface area is 124 Å². The number of hydrogen-bond acceptors (Lipinski definition) is 6. The Balaban J connectivity index is 2.70. The third kappa shape index (κ3) is 5.11. The minimum atomic E-state index is -0.902. The second-order valence-electron chi connectivity index (χ2n) is 5.83. The third-order valence-electron chi connectivity index (χ3n) is 2.55. The number of ether oxygens (including phenoxy) is 1. The molecule has 0 bridgehead atoms. The van der Waals surface area contributed by atoms with Crippen molar-refractivity contribution in [1.29, 1.82) is 0 Å². The van der Waals surface area contributed by atoms with Gasteiger partial charge in [-0.2, -0.15) is 0 Å². The SMILES string of the molecule is CCOC(=O)c1c(C)csc1NC(O)NCC(C)(C)C. The van der Waals surface area contributed by atoms with E-state index in [0.717, 1.165) is 5.56 Å². The topological polar surface area (TPSA) is 70.6 Å². The van der Waals surface area contributed by atoms with Gasteiger partial charge in [0.1, 0.15) is 5.00 Å². The summed E-state index contributed by atoms with van der Waals surface area (Å²) in [6.45, 7) is 10.8. The normalized spacial score (nSPS) is 13.1. The van der Waals surface area contributed by atoms with Crippen LogP contribution in [0, 0.1) is 12.3 Å². The summed E-state index contributed by atoms with van der Waals surface area (Å²) in [5.74, 6) is -0.364. The minimum absolute atomic E-state index is 0.0675. The van der Waals surface area contributed by atoms with Crippen molar-refractivity contribution in [3.05, 3.63) is 16.5 Å². The quantitative estimate of drug-likeness (QED) is 0.556. The highest BCUT2D eigenvalue weighted by atomic mass is 32.1. The van der Waals surface area contributed by atoms with E-state index >= 15 is 0 Å². The lowest BCUT2D eigenvalue weighted by Gasteiger charge is -2.22. The van der Waals surface area contributed by atoms with Gasteiger partial charge in [0.15, 0.2) is 6.35 Å². The number of carbonyl (C=O) groups is 1. The Morgan fingerprint density at radius 3 is 2.70 bits per heavy atom. The molecule has 1 rings (SSSR count). The van der Waals surface area contributed by atoms with E-state index in [4.69, 9.17) is 4.74 Å². The van der Waals surface area contributed by atoms with Crippen molar-refractivity contribution in [3.8, 4) is 0 Å². The second kappa shape index (κ2) is 7.06. The molecule has 5 nitrogen and oxygen atoms in total. The van der Waals surface area contributed by atoms with Crippen molar-refractivity contribution >= 4 is 22.3 Å². The van der Waals surface area contributed by atoms with Crippen LogP contribution in [0.15, 0.2) is 5.38 Å². The first kappa shape index (κ1) is 16.9. The van der Waals surface area contributed by atoms with Gasteiger partial charge in [0.05, 0.1) is 12.2 Å². The van der Waals surface area contributed by atoms with E-state index in [1.54, 1.807) is 6.92 Å². The molecule has 1 heterocycles. The van der Waals surface area contributed by atoms with Crippen molar-refractivity contribution < 1.29 is 14.6 Å². The fourth-order valence-corrected chi connectivity index (χ4v) is 2.54. The maximum Gasteiger partial charge on any atom is 0.341 e. The van der Waals surface area contributed by atoms with Gasteiger partial charge in [-0.1, -0.05) is 20.8 Å². The molecule has 0 saturated heterocycles. The molecule has 0 aliphatic heterocycles. The summed E-state index contributed by atoms with van der Waals surface area (Å²) in [7, 11) is 0. The average Bonchev–Trinajstić information content (AvgIpc) is 2.67. The molecule has 1 aromatic rings. The van der Waals surface area contributed by atoms with Crippen LogP contribution in [0.5, 0.6) is 0 Å². The van der Waals surface area contributed by atoms with Gasteiger partial charge in [-0.3, -0.25) is 5.32 Å². The summed E-state index contributed by atoms with van der Waals surface area (Å²) in [4.78, 5) is 11.9. The van der Waals surface area contributed by atoms with E-state index in [-0.39, 0.29) is 11.4 Å². The molecule has 0 aliphatic carbocycles. The second-order valence-corrected chi connectivity index (χ2v) is 6.71. The number of thiophene rings is 1.